The van der Waals surface area contributed by atoms with Crippen LogP contribution in [0.5, 0.6) is 23.0 Å². The molecule has 220 valence electrons. The fourth-order valence-electron chi connectivity index (χ4n) is 5.24. The molecule has 0 radical (unpaired) electrons. The van der Waals surface area contributed by atoms with Gasteiger partial charge in [-0.25, -0.2) is 4.99 Å². The lowest BCUT2D eigenvalue weighted by molar-refractivity contribution is -0.111. The number of ketones is 1. The predicted molar refractivity (Wildman–Crippen MR) is 176 cm³/mol. The number of phenolic OH excluding ortho intramolecular Hbond substituents is 2. The van der Waals surface area contributed by atoms with Crippen LogP contribution in [0.1, 0.15) is 28.3 Å². The van der Waals surface area contributed by atoms with Crippen LogP contribution in [-0.4, -0.2) is 35.4 Å². The van der Waals surface area contributed by atoms with Crippen molar-refractivity contribution >= 4 is 40.6 Å². The van der Waals surface area contributed by atoms with Crippen molar-refractivity contribution in [3.05, 3.63) is 131 Å². The molecule has 6 rings (SSSR count). The van der Waals surface area contributed by atoms with Crippen molar-refractivity contribution in [1.82, 2.24) is 0 Å². The molecule has 0 bridgehead atoms. The highest BCUT2D eigenvalue weighted by atomic mass is 32.2. The number of nitrogens with zero attached hydrogens (tertiary/aromatic N) is 2. The minimum atomic E-state index is -0.445. The SMILES string of the molecule is COc1cc(/C=C/C(=O)C2=C(/C=C/c3ccc(O)c(OC)c3)N=C3Sc4ccccc4N3C2c2ccc(C)cc2)ccc1O. The molecule has 4 aromatic rings. The maximum absolute atomic E-state index is 14.3. The van der Waals surface area contributed by atoms with Crippen molar-refractivity contribution in [3.8, 4) is 23.0 Å². The number of carbonyl (C=O) groups excluding carboxylic acids is 1. The predicted octanol–water partition coefficient (Wildman–Crippen LogP) is 7.70. The van der Waals surface area contributed by atoms with E-state index in [1.807, 2.05) is 31.2 Å². The van der Waals surface area contributed by atoms with E-state index in [1.54, 1.807) is 48.2 Å². The van der Waals surface area contributed by atoms with Crippen molar-refractivity contribution in [2.75, 3.05) is 19.1 Å². The Labute approximate surface area is 260 Å². The molecule has 44 heavy (non-hydrogen) atoms. The van der Waals surface area contributed by atoms with Crippen LogP contribution in [-0.2, 0) is 4.79 Å². The number of aliphatic imine (C=N–C) groups is 1. The summed E-state index contributed by atoms with van der Waals surface area (Å²) in [5.74, 6) is 0.536. The summed E-state index contributed by atoms with van der Waals surface area (Å²) in [6.45, 7) is 2.04. The van der Waals surface area contributed by atoms with Crippen LogP contribution in [0.2, 0.25) is 0 Å². The summed E-state index contributed by atoms with van der Waals surface area (Å²) in [5.41, 5.74) is 5.60. The van der Waals surface area contributed by atoms with E-state index >= 15 is 0 Å². The lowest BCUT2D eigenvalue weighted by Gasteiger charge is -2.35. The monoisotopic (exact) mass is 602 g/mol. The van der Waals surface area contributed by atoms with E-state index < -0.39 is 6.04 Å². The number of fused-ring (bicyclic) bond motifs is 3. The summed E-state index contributed by atoms with van der Waals surface area (Å²) < 4.78 is 10.5. The lowest BCUT2D eigenvalue weighted by Crippen LogP contribution is -2.36. The summed E-state index contributed by atoms with van der Waals surface area (Å²) in [6, 6.07) is 25.9. The number of rotatable bonds is 8. The number of para-hydroxylation sites is 1. The molecule has 2 heterocycles. The number of hydrogen-bond acceptors (Lipinski definition) is 8. The maximum Gasteiger partial charge on any atom is 0.186 e. The minimum absolute atomic E-state index is 0.0238. The number of aromatic hydroxyl groups is 2. The van der Waals surface area contributed by atoms with Crippen molar-refractivity contribution in [3.63, 3.8) is 0 Å². The van der Waals surface area contributed by atoms with E-state index in [0.717, 1.165) is 32.4 Å². The zero-order valence-corrected chi connectivity index (χ0v) is 25.2. The van der Waals surface area contributed by atoms with Crippen LogP contribution in [0.25, 0.3) is 12.2 Å². The maximum atomic E-state index is 14.3. The third-order valence-electron chi connectivity index (χ3n) is 7.48. The number of phenols is 2. The van der Waals surface area contributed by atoms with E-state index in [2.05, 4.69) is 41.3 Å². The third kappa shape index (κ3) is 5.59. The zero-order chi connectivity index (χ0) is 30.8. The molecule has 1 unspecified atom stereocenters. The van der Waals surface area contributed by atoms with Crippen molar-refractivity contribution in [2.45, 2.75) is 17.9 Å². The summed E-state index contributed by atoms with van der Waals surface area (Å²) >= 11 is 1.57. The molecule has 0 saturated heterocycles. The van der Waals surface area contributed by atoms with Crippen LogP contribution < -0.4 is 14.4 Å². The first-order chi connectivity index (χ1) is 21.4. The fraction of sp³-hybridized carbons (Fsp3) is 0.111. The van der Waals surface area contributed by atoms with Crippen molar-refractivity contribution in [2.24, 2.45) is 4.99 Å². The normalized spacial score (nSPS) is 15.8. The lowest BCUT2D eigenvalue weighted by atomic mass is 9.89. The van der Waals surface area contributed by atoms with E-state index in [0.29, 0.717) is 28.3 Å². The van der Waals surface area contributed by atoms with Gasteiger partial charge in [0.15, 0.2) is 33.9 Å². The molecule has 0 fully saturated rings. The number of carbonyl (C=O) groups is 1. The number of allylic oxidation sites excluding steroid dienone is 2. The number of amidine groups is 1. The Bertz CT molecular complexity index is 1870. The van der Waals surface area contributed by atoms with Crippen LogP contribution in [0.15, 0.2) is 118 Å². The Morgan fingerprint density at radius 2 is 1.48 bits per heavy atom. The first-order valence-electron chi connectivity index (χ1n) is 14.0. The summed E-state index contributed by atoms with van der Waals surface area (Å²) in [6.07, 6.45) is 6.94. The number of hydrogen-bond donors (Lipinski definition) is 2. The highest BCUT2D eigenvalue weighted by Crippen LogP contribution is 2.50. The molecule has 4 aromatic carbocycles. The van der Waals surface area contributed by atoms with Gasteiger partial charge in [0.05, 0.1) is 37.2 Å². The van der Waals surface area contributed by atoms with Gasteiger partial charge in [0.25, 0.3) is 0 Å². The second kappa shape index (κ2) is 12.2. The van der Waals surface area contributed by atoms with Crippen LogP contribution in [0, 0.1) is 6.92 Å². The Hall–Kier alpha value is -5.21. The molecule has 0 aromatic heterocycles. The molecule has 0 amide bonds. The molecule has 8 heteroatoms. The third-order valence-corrected chi connectivity index (χ3v) is 8.52. The van der Waals surface area contributed by atoms with Crippen molar-refractivity contribution in [1.29, 1.82) is 0 Å². The summed E-state index contributed by atoms with van der Waals surface area (Å²) in [5, 5.41) is 20.9. The quantitative estimate of drug-likeness (QED) is 0.200. The van der Waals surface area contributed by atoms with Crippen LogP contribution in [0.4, 0.5) is 5.69 Å². The van der Waals surface area contributed by atoms with Gasteiger partial charge < -0.3 is 24.6 Å². The number of anilines is 1. The van der Waals surface area contributed by atoms with E-state index in [1.165, 1.54) is 26.4 Å². The first-order valence-corrected chi connectivity index (χ1v) is 14.8. The number of methoxy groups -OCH3 is 2. The van der Waals surface area contributed by atoms with Gasteiger partial charge in [-0.3, -0.25) is 4.79 Å². The standard InChI is InChI=1S/C36H30N2O5S/c1-22-8-14-25(15-9-22)35-34(30(41)19-13-24-12-18-29(40)32(21-24)43-3)26(16-10-23-11-17-28(39)31(20-23)42-2)37-36-38(35)27-6-4-5-7-33(27)44-36/h4-21,35,39-40H,1-3H3/b16-10+,19-13+. The summed E-state index contributed by atoms with van der Waals surface area (Å²) in [7, 11) is 2.98. The fourth-order valence-corrected chi connectivity index (χ4v) is 6.30. The van der Waals surface area contributed by atoms with Gasteiger partial charge in [0, 0.05) is 4.90 Å². The highest BCUT2D eigenvalue weighted by Gasteiger charge is 2.41. The molecule has 2 N–H and O–H groups in total. The van der Waals surface area contributed by atoms with Gasteiger partial charge in [-0.2, -0.15) is 0 Å². The average molecular weight is 603 g/mol. The van der Waals surface area contributed by atoms with Gasteiger partial charge >= 0.3 is 0 Å². The molecule has 0 saturated carbocycles. The molecule has 0 spiro atoms. The second-order valence-corrected chi connectivity index (χ2v) is 11.3. The first kappa shape index (κ1) is 28.9. The van der Waals surface area contributed by atoms with Crippen molar-refractivity contribution < 1.29 is 24.5 Å². The number of benzene rings is 4. The highest BCUT2D eigenvalue weighted by molar-refractivity contribution is 8.14. The van der Waals surface area contributed by atoms with Crippen LogP contribution >= 0.6 is 11.8 Å². The number of aryl methyl sites for hydroxylation is 1. The number of thioether (sulfide) groups is 1. The van der Waals surface area contributed by atoms with E-state index in [9.17, 15) is 15.0 Å². The van der Waals surface area contributed by atoms with Gasteiger partial charge in [0.2, 0.25) is 0 Å². The topological polar surface area (TPSA) is 91.6 Å². The molecular formula is C36H30N2O5S. The molecule has 2 aliphatic rings. The largest absolute Gasteiger partial charge is 0.504 e. The summed E-state index contributed by atoms with van der Waals surface area (Å²) in [4.78, 5) is 22.5. The Balaban J connectivity index is 1.51. The zero-order valence-electron chi connectivity index (χ0n) is 24.4. The Kier molecular flexibility index (Phi) is 8.00. The Morgan fingerprint density at radius 1 is 0.841 bits per heavy atom. The second-order valence-electron chi connectivity index (χ2n) is 10.3. The molecule has 0 aliphatic carbocycles. The molecular weight excluding hydrogens is 572 g/mol. The van der Waals surface area contributed by atoms with Gasteiger partial charge in [-0.1, -0.05) is 66.2 Å². The van der Waals surface area contributed by atoms with E-state index in [-0.39, 0.29) is 17.3 Å². The van der Waals surface area contributed by atoms with Crippen LogP contribution in [0.3, 0.4) is 0 Å². The smallest absolute Gasteiger partial charge is 0.186 e. The van der Waals surface area contributed by atoms with Gasteiger partial charge in [-0.05, 0) is 83.9 Å². The molecule has 7 nitrogen and oxygen atoms in total. The molecule has 2 aliphatic heterocycles. The Morgan fingerprint density at radius 3 is 2.14 bits per heavy atom. The average Bonchev–Trinajstić information content (AvgIpc) is 3.41. The van der Waals surface area contributed by atoms with E-state index in [4.69, 9.17) is 14.5 Å². The van der Waals surface area contributed by atoms with Gasteiger partial charge in [0.1, 0.15) is 0 Å². The minimum Gasteiger partial charge on any atom is -0.504 e. The number of ether oxygens (including phenoxy) is 2. The van der Waals surface area contributed by atoms with Gasteiger partial charge in [-0.15, -0.1) is 0 Å². The molecule has 1 atom stereocenters.